The molecule has 0 radical (unpaired) electrons. The fourth-order valence-corrected chi connectivity index (χ4v) is 2.79. The molecule has 0 unspecified atom stereocenters. The van der Waals surface area contributed by atoms with Crippen molar-refractivity contribution < 1.29 is 4.79 Å². The molecule has 0 aliphatic heterocycles. The number of rotatable bonds is 6. The molecule has 0 atom stereocenters. The maximum atomic E-state index is 12.0. The van der Waals surface area contributed by atoms with Crippen LogP contribution in [0.15, 0.2) is 29.4 Å². The van der Waals surface area contributed by atoms with Crippen molar-refractivity contribution in [2.24, 2.45) is 0 Å². The monoisotopic (exact) mass is 304 g/mol. The Hall–Kier alpha value is -1.82. The van der Waals surface area contributed by atoms with Gasteiger partial charge in [0.05, 0.1) is 5.75 Å². The Morgan fingerprint density at radius 1 is 1.24 bits per heavy atom. The highest BCUT2D eigenvalue weighted by Crippen LogP contribution is 2.18. The Bertz CT molecular complexity index is 607. The Labute approximate surface area is 129 Å². The Morgan fingerprint density at radius 3 is 2.57 bits per heavy atom. The van der Waals surface area contributed by atoms with Gasteiger partial charge in [0.15, 0.2) is 5.16 Å². The van der Waals surface area contributed by atoms with Gasteiger partial charge >= 0.3 is 0 Å². The second-order valence-electron chi connectivity index (χ2n) is 4.70. The van der Waals surface area contributed by atoms with Crippen LogP contribution in [0, 0.1) is 6.92 Å². The first-order valence-electron chi connectivity index (χ1n) is 7.05. The van der Waals surface area contributed by atoms with E-state index in [0.717, 1.165) is 29.6 Å². The third kappa shape index (κ3) is 4.07. The number of aryl methyl sites for hydroxylation is 2. The van der Waals surface area contributed by atoms with Crippen molar-refractivity contribution in [1.82, 2.24) is 14.8 Å². The van der Waals surface area contributed by atoms with Crippen LogP contribution in [-0.2, 0) is 17.8 Å². The van der Waals surface area contributed by atoms with E-state index in [4.69, 9.17) is 0 Å². The van der Waals surface area contributed by atoms with Crippen LogP contribution in [0.3, 0.4) is 0 Å². The Kier molecular flexibility index (Phi) is 5.38. The van der Waals surface area contributed by atoms with Crippen molar-refractivity contribution in [1.29, 1.82) is 0 Å². The third-order valence-corrected chi connectivity index (χ3v) is 4.06. The van der Waals surface area contributed by atoms with Crippen molar-refractivity contribution in [3.8, 4) is 0 Å². The van der Waals surface area contributed by atoms with Crippen LogP contribution in [-0.4, -0.2) is 26.4 Å². The molecule has 0 fully saturated rings. The van der Waals surface area contributed by atoms with Crippen LogP contribution in [0.1, 0.15) is 25.2 Å². The molecule has 0 saturated heterocycles. The van der Waals surface area contributed by atoms with Gasteiger partial charge in [-0.2, -0.15) is 0 Å². The number of aromatic nitrogens is 3. The van der Waals surface area contributed by atoms with Crippen LogP contribution in [0.5, 0.6) is 0 Å². The SMILES string of the molecule is CCc1nnc(SCC(=O)Nc2ccc(C)cc2)n1CC. The number of thioether (sulfide) groups is 1. The lowest BCUT2D eigenvalue weighted by molar-refractivity contribution is -0.113. The van der Waals surface area contributed by atoms with Gasteiger partial charge in [0.25, 0.3) is 0 Å². The highest BCUT2D eigenvalue weighted by molar-refractivity contribution is 7.99. The molecule has 0 aliphatic carbocycles. The van der Waals surface area contributed by atoms with Crippen molar-refractivity contribution in [3.05, 3.63) is 35.7 Å². The first-order valence-corrected chi connectivity index (χ1v) is 8.04. The number of hydrogen-bond acceptors (Lipinski definition) is 4. The summed E-state index contributed by atoms with van der Waals surface area (Å²) in [7, 11) is 0. The topological polar surface area (TPSA) is 59.8 Å². The normalized spacial score (nSPS) is 10.6. The summed E-state index contributed by atoms with van der Waals surface area (Å²) in [6.45, 7) is 6.94. The van der Waals surface area contributed by atoms with E-state index in [1.54, 1.807) is 0 Å². The molecule has 0 spiro atoms. The molecule has 1 heterocycles. The van der Waals surface area contributed by atoms with Gasteiger partial charge in [-0.15, -0.1) is 10.2 Å². The standard InChI is InChI=1S/C15H20N4OS/c1-4-13-17-18-15(19(13)5-2)21-10-14(20)16-12-8-6-11(3)7-9-12/h6-9H,4-5,10H2,1-3H3,(H,16,20). The zero-order chi connectivity index (χ0) is 15.2. The molecule has 1 N–H and O–H groups in total. The molecule has 21 heavy (non-hydrogen) atoms. The lowest BCUT2D eigenvalue weighted by atomic mass is 10.2. The Morgan fingerprint density at radius 2 is 1.95 bits per heavy atom. The average molecular weight is 304 g/mol. The average Bonchev–Trinajstić information content (AvgIpc) is 2.89. The van der Waals surface area contributed by atoms with Gasteiger partial charge in [0.1, 0.15) is 5.82 Å². The Balaban J connectivity index is 1.92. The summed E-state index contributed by atoms with van der Waals surface area (Å²) in [6, 6.07) is 7.76. The lowest BCUT2D eigenvalue weighted by Crippen LogP contribution is -2.14. The molecule has 1 aromatic heterocycles. The van der Waals surface area contributed by atoms with Crippen LogP contribution >= 0.6 is 11.8 Å². The predicted octanol–water partition coefficient (Wildman–Crippen LogP) is 2.90. The number of anilines is 1. The molecule has 0 saturated carbocycles. The fourth-order valence-electron chi connectivity index (χ4n) is 1.97. The molecule has 0 aliphatic rings. The zero-order valence-corrected chi connectivity index (χ0v) is 13.4. The minimum absolute atomic E-state index is 0.0347. The van der Waals surface area contributed by atoms with Crippen LogP contribution in [0.2, 0.25) is 0 Å². The third-order valence-electron chi connectivity index (χ3n) is 3.09. The number of nitrogens with one attached hydrogen (secondary N) is 1. The number of nitrogens with zero attached hydrogens (tertiary/aromatic N) is 3. The van der Waals surface area contributed by atoms with E-state index in [2.05, 4.69) is 29.4 Å². The number of hydrogen-bond donors (Lipinski definition) is 1. The second-order valence-corrected chi connectivity index (χ2v) is 5.64. The molecular formula is C15H20N4OS. The van der Waals surface area contributed by atoms with Gasteiger partial charge < -0.3 is 9.88 Å². The van der Waals surface area contributed by atoms with Crippen LogP contribution in [0.25, 0.3) is 0 Å². The van der Waals surface area contributed by atoms with Gasteiger partial charge in [0, 0.05) is 18.7 Å². The summed E-state index contributed by atoms with van der Waals surface area (Å²) in [5.41, 5.74) is 1.99. The van der Waals surface area contributed by atoms with Gasteiger partial charge in [-0.25, -0.2) is 0 Å². The minimum Gasteiger partial charge on any atom is -0.325 e. The lowest BCUT2D eigenvalue weighted by Gasteiger charge is -2.07. The number of amides is 1. The van der Waals surface area contributed by atoms with Crippen LogP contribution in [0.4, 0.5) is 5.69 Å². The van der Waals surface area contributed by atoms with Crippen LogP contribution < -0.4 is 5.32 Å². The van der Waals surface area contributed by atoms with E-state index >= 15 is 0 Å². The van der Waals surface area contributed by atoms with Gasteiger partial charge in [0.2, 0.25) is 5.91 Å². The number of benzene rings is 1. The molecule has 2 rings (SSSR count). The van der Waals surface area contributed by atoms with E-state index in [0.29, 0.717) is 5.75 Å². The summed E-state index contributed by atoms with van der Waals surface area (Å²) in [6.07, 6.45) is 0.844. The van der Waals surface area contributed by atoms with E-state index < -0.39 is 0 Å². The maximum absolute atomic E-state index is 12.0. The predicted molar refractivity (Wildman–Crippen MR) is 85.6 cm³/mol. The molecular weight excluding hydrogens is 284 g/mol. The zero-order valence-electron chi connectivity index (χ0n) is 12.6. The van der Waals surface area contributed by atoms with E-state index in [1.807, 2.05) is 35.8 Å². The smallest absolute Gasteiger partial charge is 0.234 e. The van der Waals surface area contributed by atoms with Crippen molar-refractivity contribution in [2.45, 2.75) is 38.9 Å². The molecule has 5 nitrogen and oxygen atoms in total. The molecule has 2 aromatic rings. The number of carbonyl (C=O) groups is 1. The van der Waals surface area contributed by atoms with E-state index in [-0.39, 0.29) is 5.91 Å². The van der Waals surface area contributed by atoms with Crippen molar-refractivity contribution in [2.75, 3.05) is 11.1 Å². The summed E-state index contributed by atoms with van der Waals surface area (Å²) < 4.78 is 2.05. The largest absolute Gasteiger partial charge is 0.325 e. The summed E-state index contributed by atoms with van der Waals surface area (Å²) >= 11 is 1.42. The number of carbonyl (C=O) groups excluding carboxylic acids is 1. The molecule has 112 valence electrons. The van der Waals surface area contributed by atoms with Crippen molar-refractivity contribution in [3.63, 3.8) is 0 Å². The summed E-state index contributed by atoms with van der Waals surface area (Å²) in [5, 5.41) is 12.0. The molecule has 1 aromatic carbocycles. The highest BCUT2D eigenvalue weighted by Gasteiger charge is 2.11. The van der Waals surface area contributed by atoms with E-state index in [9.17, 15) is 4.79 Å². The van der Waals surface area contributed by atoms with E-state index in [1.165, 1.54) is 17.3 Å². The van der Waals surface area contributed by atoms with Gasteiger partial charge in [-0.3, -0.25) is 4.79 Å². The van der Waals surface area contributed by atoms with Gasteiger partial charge in [-0.05, 0) is 26.0 Å². The minimum atomic E-state index is -0.0347. The van der Waals surface area contributed by atoms with Crippen molar-refractivity contribution >= 4 is 23.4 Å². The highest BCUT2D eigenvalue weighted by atomic mass is 32.2. The first kappa shape index (κ1) is 15.6. The second kappa shape index (κ2) is 7.26. The maximum Gasteiger partial charge on any atom is 0.234 e. The molecule has 1 amide bonds. The van der Waals surface area contributed by atoms with Gasteiger partial charge in [-0.1, -0.05) is 36.4 Å². The molecule has 0 bridgehead atoms. The first-order chi connectivity index (χ1) is 10.1. The molecule has 6 heteroatoms. The summed E-state index contributed by atoms with van der Waals surface area (Å²) in [4.78, 5) is 12.0. The summed E-state index contributed by atoms with van der Waals surface area (Å²) in [5.74, 6) is 1.25. The quantitative estimate of drug-likeness (QED) is 0.834. The fraction of sp³-hybridized carbons (Fsp3) is 0.400.